The fourth-order valence-electron chi connectivity index (χ4n) is 4.05. The highest BCUT2D eigenvalue weighted by Gasteiger charge is 2.11. The van der Waals surface area contributed by atoms with Crippen LogP contribution in [0.5, 0.6) is 0 Å². The van der Waals surface area contributed by atoms with Gasteiger partial charge in [-0.3, -0.25) is 0 Å². The van der Waals surface area contributed by atoms with Crippen LogP contribution in [-0.2, 0) is 0 Å². The quantitative estimate of drug-likeness (QED) is 0.271. The summed E-state index contributed by atoms with van der Waals surface area (Å²) in [6.45, 7) is 6.18. The minimum absolute atomic E-state index is 1.26. The first-order valence-electron chi connectivity index (χ1n) is 10.4. The Kier molecular flexibility index (Phi) is 5.44. The highest BCUT2D eigenvalue weighted by Crippen LogP contribution is 2.38. The van der Waals surface area contributed by atoms with Crippen LogP contribution in [0.15, 0.2) is 103 Å². The van der Waals surface area contributed by atoms with Gasteiger partial charge in [0.25, 0.3) is 0 Å². The van der Waals surface area contributed by atoms with Gasteiger partial charge in [0.2, 0.25) is 0 Å². The SMILES string of the molecule is CC.Cc1cc(-c2ccccc2)cc(-c2c3ccccc3cc3ccccc23)c1. The Morgan fingerprint density at radius 1 is 0.448 bits per heavy atom. The van der Waals surface area contributed by atoms with E-state index in [0.29, 0.717) is 0 Å². The van der Waals surface area contributed by atoms with Crippen LogP contribution in [0.2, 0.25) is 0 Å². The summed E-state index contributed by atoms with van der Waals surface area (Å²) in [7, 11) is 0. The molecule has 0 saturated carbocycles. The fourth-order valence-corrected chi connectivity index (χ4v) is 4.05. The minimum Gasteiger partial charge on any atom is -0.0683 e. The third kappa shape index (κ3) is 3.67. The van der Waals surface area contributed by atoms with E-state index in [4.69, 9.17) is 0 Å². The molecule has 29 heavy (non-hydrogen) atoms. The maximum atomic E-state index is 2.33. The Hall–Kier alpha value is -3.38. The first-order chi connectivity index (χ1) is 14.3. The second-order valence-corrected chi connectivity index (χ2v) is 7.15. The first kappa shape index (κ1) is 19.0. The lowest BCUT2D eigenvalue weighted by Gasteiger charge is -2.14. The highest BCUT2D eigenvalue weighted by atomic mass is 14.1. The molecule has 5 aromatic carbocycles. The van der Waals surface area contributed by atoms with E-state index in [9.17, 15) is 0 Å². The van der Waals surface area contributed by atoms with Gasteiger partial charge in [-0.1, -0.05) is 105 Å². The molecule has 0 heteroatoms. The Morgan fingerprint density at radius 3 is 1.59 bits per heavy atom. The first-order valence-corrected chi connectivity index (χ1v) is 10.4. The number of rotatable bonds is 2. The lowest BCUT2D eigenvalue weighted by molar-refractivity contribution is 1.47. The van der Waals surface area contributed by atoms with Crippen LogP contribution in [-0.4, -0.2) is 0 Å². The molecule has 0 aliphatic rings. The molecule has 0 fully saturated rings. The molecule has 5 rings (SSSR count). The van der Waals surface area contributed by atoms with Gasteiger partial charge in [0.1, 0.15) is 0 Å². The van der Waals surface area contributed by atoms with Crippen molar-refractivity contribution in [2.75, 3.05) is 0 Å². The van der Waals surface area contributed by atoms with E-state index in [1.54, 1.807) is 0 Å². The monoisotopic (exact) mass is 374 g/mol. The molecule has 0 aliphatic carbocycles. The predicted molar refractivity (Wildman–Crippen MR) is 128 cm³/mol. The largest absolute Gasteiger partial charge is 0.0683 e. The lowest BCUT2D eigenvalue weighted by atomic mass is 9.89. The van der Waals surface area contributed by atoms with Gasteiger partial charge in [-0.25, -0.2) is 0 Å². The standard InChI is InChI=1S/C27H20.C2H6/c1-19-15-23(20-9-3-2-4-10-20)18-24(16-19)27-25-13-7-5-11-21(25)17-22-12-6-8-14-26(22)27;1-2/h2-18H,1H3;1-2H3. The highest BCUT2D eigenvalue weighted by molar-refractivity contribution is 6.12. The topological polar surface area (TPSA) is 0 Å². The van der Waals surface area contributed by atoms with Gasteiger partial charge in [0.05, 0.1) is 0 Å². The van der Waals surface area contributed by atoms with E-state index in [2.05, 4.69) is 110 Å². The van der Waals surface area contributed by atoms with Crippen LogP contribution in [0.1, 0.15) is 19.4 Å². The molecular formula is C29H26. The lowest BCUT2D eigenvalue weighted by Crippen LogP contribution is -1.88. The van der Waals surface area contributed by atoms with Crippen LogP contribution in [0, 0.1) is 6.92 Å². The molecule has 0 saturated heterocycles. The van der Waals surface area contributed by atoms with Crippen LogP contribution >= 0.6 is 0 Å². The Balaban J connectivity index is 0.000000994. The van der Waals surface area contributed by atoms with Crippen molar-refractivity contribution in [2.24, 2.45) is 0 Å². The van der Waals surface area contributed by atoms with E-state index in [-0.39, 0.29) is 0 Å². The zero-order valence-electron chi connectivity index (χ0n) is 17.3. The fraction of sp³-hybridized carbons (Fsp3) is 0.103. The van der Waals surface area contributed by atoms with Gasteiger partial charge < -0.3 is 0 Å². The van der Waals surface area contributed by atoms with E-state index < -0.39 is 0 Å². The Morgan fingerprint density at radius 2 is 0.966 bits per heavy atom. The molecule has 0 aliphatic heterocycles. The maximum Gasteiger partial charge on any atom is -0.00265 e. The molecule has 0 atom stereocenters. The van der Waals surface area contributed by atoms with Crippen LogP contribution in [0.4, 0.5) is 0 Å². The number of benzene rings is 5. The average Bonchev–Trinajstić information content (AvgIpc) is 2.79. The van der Waals surface area contributed by atoms with Gasteiger partial charge in [0, 0.05) is 0 Å². The molecule has 0 radical (unpaired) electrons. The molecule has 0 bridgehead atoms. The van der Waals surface area contributed by atoms with Crippen molar-refractivity contribution in [3.63, 3.8) is 0 Å². The molecule has 0 spiro atoms. The molecule has 0 N–H and O–H groups in total. The van der Waals surface area contributed by atoms with Gasteiger partial charge in [-0.2, -0.15) is 0 Å². The number of hydrogen-bond donors (Lipinski definition) is 0. The third-order valence-corrected chi connectivity index (χ3v) is 5.24. The number of fused-ring (bicyclic) bond motifs is 2. The summed E-state index contributed by atoms with van der Waals surface area (Å²) in [6.07, 6.45) is 0. The Bertz CT molecular complexity index is 1210. The van der Waals surface area contributed by atoms with Crippen molar-refractivity contribution in [1.29, 1.82) is 0 Å². The zero-order valence-corrected chi connectivity index (χ0v) is 17.3. The molecule has 142 valence electrons. The summed E-state index contributed by atoms with van der Waals surface area (Å²) in [4.78, 5) is 0. The van der Waals surface area contributed by atoms with Gasteiger partial charge in [-0.05, 0) is 68.4 Å². The van der Waals surface area contributed by atoms with Crippen LogP contribution in [0.3, 0.4) is 0 Å². The summed E-state index contributed by atoms with van der Waals surface area (Å²) in [5, 5.41) is 5.18. The molecule has 5 aromatic rings. The summed E-state index contributed by atoms with van der Waals surface area (Å²) in [5.41, 5.74) is 6.41. The smallest absolute Gasteiger partial charge is 0.00265 e. The third-order valence-electron chi connectivity index (χ3n) is 5.24. The zero-order chi connectivity index (χ0) is 20.2. The molecular weight excluding hydrogens is 348 g/mol. The van der Waals surface area contributed by atoms with Crippen molar-refractivity contribution in [2.45, 2.75) is 20.8 Å². The van der Waals surface area contributed by atoms with Crippen molar-refractivity contribution in [3.05, 3.63) is 109 Å². The summed E-state index contributed by atoms with van der Waals surface area (Å²) < 4.78 is 0. The van der Waals surface area contributed by atoms with Crippen molar-refractivity contribution in [1.82, 2.24) is 0 Å². The summed E-state index contributed by atoms with van der Waals surface area (Å²) in [6, 6.07) is 37.2. The Labute approximate surface area is 173 Å². The average molecular weight is 375 g/mol. The predicted octanol–water partition coefficient (Wildman–Crippen LogP) is 8.66. The van der Waals surface area contributed by atoms with E-state index >= 15 is 0 Å². The van der Waals surface area contributed by atoms with E-state index in [1.807, 2.05) is 13.8 Å². The van der Waals surface area contributed by atoms with Gasteiger partial charge >= 0.3 is 0 Å². The molecule has 0 unspecified atom stereocenters. The second kappa shape index (κ2) is 8.32. The van der Waals surface area contributed by atoms with E-state index in [0.717, 1.165) is 0 Å². The molecule has 0 aromatic heterocycles. The summed E-state index contributed by atoms with van der Waals surface area (Å²) in [5.74, 6) is 0. The van der Waals surface area contributed by atoms with E-state index in [1.165, 1.54) is 49.4 Å². The van der Waals surface area contributed by atoms with Crippen LogP contribution in [0.25, 0.3) is 43.8 Å². The number of aryl methyl sites for hydroxylation is 1. The molecule has 0 amide bonds. The van der Waals surface area contributed by atoms with Crippen molar-refractivity contribution < 1.29 is 0 Å². The summed E-state index contributed by atoms with van der Waals surface area (Å²) >= 11 is 0. The van der Waals surface area contributed by atoms with Crippen LogP contribution < -0.4 is 0 Å². The maximum absolute atomic E-state index is 2.33. The van der Waals surface area contributed by atoms with Crippen molar-refractivity contribution in [3.8, 4) is 22.3 Å². The number of hydrogen-bond acceptors (Lipinski definition) is 0. The normalized spacial score (nSPS) is 10.6. The molecule has 0 heterocycles. The van der Waals surface area contributed by atoms with Gasteiger partial charge in [-0.15, -0.1) is 0 Å². The van der Waals surface area contributed by atoms with Crippen molar-refractivity contribution >= 4 is 21.5 Å². The van der Waals surface area contributed by atoms with Gasteiger partial charge in [0.15, 0.2) is 0 Å². The minimum atomic E-state index is 1.26. The second-order valence-electron chi connectivity index (χ2n) is 7.15. The molecule has 0 nitrogen and oxygen atoms in total.